The van der Waals surface area contributed by atoms with Gasteiger partial charge in [-0.3, -0.25) is 9.59 Å². The van der Waals surface area contributed by atoms with Crippen molar-refractivity contribution in [2.75, 3.05) is 20.3 Å². The zero-order chi connectivity index (χ0) is 15.3. The molecular formula is C9H13F5N2O3. The fourth-order valence-corrected chi connectivity index (χ4v) is 0.911. The van der Waals surface area contributed by atoms with E-state index in [-0.39, 0.29) is 13.2 Å². The third-order valence-corrected chi connectivity index (χ3v) is 1.99. The largest absolute Gasteiger partial charge is 0.463 e. The van der Waals surface area contributed by atoms with Crippen LogP contribution < -0.4 is 10.6 Å². The van der Waals surface area contributed by atoms with Crippen molar-refractivity contribution in [2.45, 2.75) is 25.1 Å². The van der Waals surface area contributed by atoms with Crippen LogP contribution in [0, 0.1) is 0 Å². The smallest absolute Gasteiger partial charge is 0.383 e. The summed E-state index contributed by atoms with van der Waals surface area (Å²) in [7, 11) is 1.35. The van der Waals surface area contributed by atoms with Crippen LogP contribution in [0.15, 0.2) is 0 Å². The first-order chi connectivity index (χ1) is 8.54. The summed E-state index contributed by atoms with van der Waals surface area (Å²) < 4.78 is 65.3. The van der Waals surface area contributed by atoms with E-state index in [0.717, 1.165) is 6.92 Å². The molecule has 0 aliphatic rings. The predicted molar refractivity (Wildman–Crippen MR) is 53.5 cm³/mol. The van der Waals surface area contributed by atoms with Crippen LogP contribution >= 0.6 is 0 Å². The van der Waals surface area contributed by atoms with Gasteiger partial charge in [-0.1, -0.05) is 0 Å². The number of halogens is 5. The molecule has 0 aromatic rings. The summed E-state index contributed by atoms with van der Waals surface area (Å²) >= 11 is 0. The lowest BCUT2D eigenvalue weighted by Crippen LogP contribution is -2.55. The molecule has 112 valence electrons. The van der Waals surface area contributed by atoms with Crippen molar-refractivity contribution < 1.29 is 36.3 Å². The van der Waals surface area contributed by atoms with Gasteiger partial charge in [0.25, 0.3) is 0 Å². The number of amides is 2. The fourth-order valence-electron chi connectivity index (χ4n) is 0.911. The first kappa shape index (κ1) is 17.6. The van der Waals surface area contributed by atoms with Crippen molar-refractivity contribution >= 4 is 11.8 Å². The van der Waals surface area contributed by atoms with Gasteiger partial charge in [0.15, 0.2) is 0 Å². The molecular weight excluding hydrogens is 279 g/mol. The van der Waals surface area contributed by atoms with Crippen molar-refractivity contribution in [3.8, 4) is 0 Å². The minimum Gasteiger partial charge on any atom is -0.383 e. The van der Waals surface area contributed by atoms with Gasteiger partial charge in [-0.15, -0.1) is 0 Å². The van der Waals surface area contributed by atoms with Crippen molar-refractivity contribution in [3.63, 3.8) is 0 Å². The van der Waals surface area contributed by atoms with E-state index in [1.807, 2.05) is 0 Å². The maximum absolute atomic E-state index is 12.6. The lowest BCUT2D eigenvalue weighted by atomic mass is 10.2. The van der Waals surface area contributed by atoms with Crippen molar-refractivity contribution in [3.05, 3.63) is 0 Å². The van der Waals surface area contributed by atoms with Crippen LogP contribution in [-0.4, -0.2) is 50.2 Å². The van der Waals surface area contributed by atoms with Gasteiger partial charge in [0.2, 0.25) is 5.91 Å². The molecule has 0 aliphatic carbocycles. The normalized spacial score (nSPS) is 13.8. The number of carbonyl (C=O) groups is 2. The summed E-state index contributed by atoms with van der Waals surface area (Å²) in [5.41, 5.74) is 0. The Hall–Kier alpha value is -1.45. The second-order valence-electron chi connectivity index (χ2n) is 3.55. The molecule has 19 heavy (non-hydrogen) atoms. The van der Waals surface area contributed by atoms with Gasteiger partial charge in [-0.2, -0.15) is 22.0 Å². The highest BCUT2D eigenvalue weighted by atomic mass is 19.4. The zero-order valence-corrected chi connectivity index (χ0v) is 10.1. The quantitative estimate of drug-likeness (QED) is 0.552. The molecule has 2 amide bonds. The number of alkyl halides is 5. The van der Waals surface area contributed by atoms with Gasteiger partial charge < -0.3 is 15.4 Å². The molecule has 0 saturated carbocycles. The average molecular weight is 292 g/mol. The predicted octanol–water partition coefficient (Wildman–Crippen LogP) is 0.451. The van der Waals surface area contributed by atoms with Crippen LogP contribution in [0.2, 0.25) is 0 Å². The Morgan fingerprint density at radius 3 is 2.16 bits per heavy atom. The Morgan fingerprint density at radius 1 is 1.21 bits per heavy atom. The molecule has 0 aliphatic heterocycles. The number of hydrogen-bond acceptors (Lipinski definition) is 3. The molecule has 0 saturated heterocycles. The summed E-state index contributed by atoms with van der Waals surface area (Å²) in [4.78, 5) is 22.0. The zero-order valence-electron chi connectivity index (χ0n) is 10.1. The molecule has 0 aromatic heterocycles. The molecule has 0 bridgehead atoms. The molecule has 0 radical (unpaired) electrons. The standard InChI is InChI=1S/C9H13F5N2O3/c1-5(6(17)15-3-4-19-2)16-7(18)8(10,11)9(12,13)14/h5H,3-4H2,1-2H3,(H,15,17)(H,16,18). The lowest BCUT2D eigenvalue weighted by molar-refractivity contribution is -0.270. The number of nitrogens with one attached hydrogen (secondary N) is 2. The summed E-state index contributed by atoms with van der Waals surface area (Å²) in [6.07, 6.45) is -6.01. The highest BCUT2D eigenvalue weighted by Crippen LogP contribution is 2.35. The van der Waals surface area contributed by atoms with Gasteiger partial charge >= 0.3 is 18.0 Å². The molecule has 0 heterocycles. The van der Waals surface area contributed by atoms with Crippen molar-refractivity contribution in [1.29, 1.82) is 0 Å². The van der Waals surface area contributed by atoms with Crippen LogP contribution in [-0.2, 0) is 14.3 Å². The van der Waals surface area contributed by atoms with Gasteiger partial charge in [0, 0.05) is 13.7 Å². The molecule has 2 N–H and O–H groups in total. The molecule has 1 unspecified atom stereocenters. The van der Waals surface area contributed by atoms with Crippen molar-refractivity contribution in [1.82, 2.24) is 10.6 Å². The molecule has 5 nitrogen and oxygen atoms in total. The summed E-state index contributed by atoms with van der Waals surface area (Å²) in [6, 6.07) is -1.53. The van der Waals surface area contributed by atoms with Crippen LogP contribution in [0.1, 0.15) is 6.92 Å². The highest BCUT2D eigenvalue weighted by molar-refractivity contribution is 5.90. The molecule has 0 spiro atoms. The van der Waals surface area contributed by atoms with Crippen LogP contribution in [0.25, 0.3) is 0 Å². The minimum atomic E-state index is -6.01. The van der Waals surface area contributed by atoms with E-state index < -0.39 is 30.0 Å². The third-order valence-electron chi connectivity index (χ3n) is 1.99. The van der Waals surface area contributed by atoms with Crippen molar-refractivity contribution in [2.24, 2.45) is 0 Å². The second-order valence-corrected chi connectivity index (χ2v) is 3.55. The summed E-state index contributed by atoms with van der Waals surface area (Å²) in [6.45, 7) is 1.14. The molecule has 0 rings (SSSR count). The van der Waals surface area contributed by atoms with E-state index in [1.165, 1.54) is 12.4 Å². The minimum absolute atomic E-state index is 0.0329. The molecule has 1 atom stereocenters. The average Bonchev–Trinajstić information content (AvgIpc) is 2.27. The van der Waals surface area contributed by atoms with Gasteiger partial charge in [0.05, 0.1) is 6.61 Å². The highest BCUT2D eigenvalue weighted by Gasteiger charge is 2.63. The second kappa shape index (κ2) is 6.64. The monoisotopic (exact) mass is 292 g/mol. The Labute approximate surface area is 105 Å². The van der Waals surface area contributed by atoms with E-state index in [4.69, 9.17) is 0 Å². The summed E-state index contributed by atoms with van der Waals surface area (Å²) in [5.74, 6) is -9.02. The Bertz CT molecular complexity index is 332. The van der Waals surface area contributed by atoms with E-state index in [0.29, 0.717) is 0 Å². The maximum Gasteiger partial charge on any atom is 0.463 e. The Morgan fingerprint density at radius 2 is 1.74 bits per heavy atom. The van der Waals surface area contributed by atoms with Crippen LogP contribution in [0.3, 0.4) is 0 Å². The molecule has 10 heteroatoms. The molecule has 0 fully saturated rings. The van der Waals surface area contributed by atoms with E-state index in [2.05, 4.69) is 10.1 Å². The van der Waals surface area contributed by atoms with Gasteiger partial charge in [-0.05, 0) is 6.92 Å². The first-order valence-corrected chi connectivity index (χ1v) is 5.06. The Balaban J connectivity index is 4.44. The lowest BCUT2D eigenvalue weighted by Gasteiger charge is -2.21. The van der Waals surface area contributed by atoms with Gasteiger partial charge in [-0.25, -0.2) is 0 Å². The number of ether oxygens (including phenoxy) is 1. The fraction of sp³-hybridized carbons (Fsp3) is 0.778. The van der Waals surface area contributed by atoms with E-state index in [9.17, 15) is 31.5 Å². The maximum atomic E-state index is 12.6. The number of carbonyl (C=O) groups excluding carboxylic acids is 2. The Kier molecular flexibility index (Phi) is 6.13. The van der Waals surface area contributed by atoms with Crippen LogP contribution in [0.4, 0.5) is 22.0 Å². The van der Waals surface area contributed by atoms with Crippen LogP contribution in [0.5, 0.6) is 0 Å². The van der Waals surface area contributed by atoms with E-state index in [1.54, 1.807) is 0 Å². The van der Waals surface area contributed by atoms with E-state index >= 15 is 0 Å². The number of methoxy groups -OCH3 is 1. The molecule has 0 aromatic carbocycles. The number of rotatable bonds is 6. The van der Waals surface area contributed by atoms with Gasteiger partial charge in [0.1, 0.15) is 6.04 Å². The third kappa shape index (κ3) is 4.97. The SMILES string of the molecule is COCCNC(=O)C(C)NC(=O)C(F)(F)C(F)(F)F. The summed E-state index contributed by atoms with van der Waals surface area (Å²) in [5, 5.41) is 3.47. The number of hydrogen-bond donors (Lipinski definition) is 2. The topological polar surface area (TPSA) is 67.4 Å². The first-order valence-electron chi connectivity index (χ1n) is 5.06.